The van der Waals surface area contributed by atoms with Crippen LogP contribution in [0.15, 0.2) is 4.42 Å². The van der Waals surface area contributed by atoms with Crippen LogP contribution in [0.25, 0.3) is 0 Å². The molecule has 1 rings (SSSR count). The van der Waals surface area contributed by atoms with E-state index in [4.69, 9.17) is 9.52 Å². The first kappa shape index (κ1) is 14.0. The molecule has 1 aromatic rings. The van der Waals surface area contributed by atoms with Crippen molar-refractivity contribution >= 4 is 17.7 Å². The van der Waals surface area contributed by atoms with Gasteiger partial charge in [-0.1, -0.05) is 27.7 Å². The highest BCUT2D eigenvalue weighted by Crippen LogP contribution is 2.22. The van der Waals surface area contributed by atoms with Gasteiger partial charge >= 0.3 is 5.97 Å². The molecule has 6 heteroatoms. The van der Waals surface area contributed by atoms with Crippen LogP contribution in [0.5, 0.6) is 0 Å². The summed E-state index contributed by atoms with van der Waals surface area (Å²) in [6.45, 7) is 7.70. The zero-order valence-corrected chi connectivity index (χ0v) is 11.4. The summed E-state index contributed by atoms with van der Waals surface area (Å²) in [6, 6.07) is 0. The van der Waals surface area contributed by atoms with E-state index in [0.29, 0.717) is 23.3 Å². The number of nitrogens with zero attached hydrogens (tertiary/aromatic N) is 2. The van der Waals surface area contributed by atoms with E-state index in [1.807, 2.05) is 20.8 Å². The van der Waals surface area contributed by atoms with Crippen LogP contribution in [-0.4, -0.2) is 27.0 Å². The van der Waals surface area contributed by atoms with Gasteiger partial charge in [-0.05, 0) is 0 Å². The molecule has 0 amide bonds. The molecule has 1 N–H and O–H groups in total. The average Bonchev–Trinajstić information content (AvgIpc) is 2.65. The molecule has 0 radical (unpaired) electrons. The van der Waals surface area contributed by atoms with Crippen LogP contribution >= 0.6 is 11.8 Å². The highest BCUT2D eigenvalue weighted by Gasteiger charge is 2.21. The first-order chi connectivity index (χ1) is 7.80. The molecular weight excluding hydrogens is 240 g/mol. The van der Waals surface area contributed by atoms with Gasteiger partial charge in [-0.25, -0.2) is 0 Å². The summed E-state index contributed by atoms with van der Waals surface area (Å²) in [5.74, 6) is 1.13. The fourth-order valence-electron chi connectivity index (χ4n) is 1.01. The quantitative estimate of drug-likeness (QED) is 0.873. The van der Waals surface area contributed by atoms with Crippen molar-refractivity contribution in [1.82, 2.24) is 10.2 Å². The Labute approximate surface area is 105 Å². The van der Waals surface area contributed by atoms with Crippen LogP contribution < -0.4 is 0 Å². The van der Waals surface area contributed by atoms with Gasteiger partial charge in [0.2, 0.25) is 11.8 Å². The van der Waals surface area contributed by atoms with Crippen molar-refractivity contribution in [3.05, 3.63) is 11.8 Å². The molecule has 1 heterocycles. The van der Waals surface area contributed by atoms with E-state index >= 15 is 0 Å². The lowest BCUT2D eigenvalue weighted by atomic mass is 9.97. The molecule has 1 aromatic heterocycles. The number of thioether (sulfide) groups is 1. The van der Waals surface area contributed by atoms with Crippen LogP contribution in [0.2, 0.25) is 0 Å². The second-order valence-electron chi connectivity index (χ2n) is 5.01. The second kappa shape index (κ2) is 5.53. The van der Waals surface area contributed by atoms with Crippen LogP contribution in [-0.2, 0) is 16.0 Å². The molecule has 0 saturated heterocycles. The largest absolute Gasteiger partial charge is 0.481 e. The van der Waals surface area contributed by atoms with Gasteiger partial charge in [0.15, 0.2) is 0 Å². The topological polar surface area (TPSA) is 76.2 Å². The van der Waals surface area contributed by atoms with Gasteiger partial charge in [-0.3, -0.25) is 4.79 Å². The number of hydrogen-bond acceptors (Lipinski definition) is 5. The fourth-order valence-corrected chi connectivity index (χ4v) is 1.91. The molecule has 96 valence electrons. The van der Waals surface area contributed by atoms with Crippen molar-refractivity contribution in [3.8, 4) is 0 Å². The molecule has 0 aromatic carbocycles. The van der Waals surface area contributed by atoms with Crippen LogP contribution in [0.4, 0.5) is 0 Å². The molecule has 0 fully saturated rings. The maximum absolute atomic E-state index is 10.6. The summed E-state index contributed by atoms with van der Waals surface area (Å²) in [5.41, 5.74) is -0.149. The van der Waals surface area contributed by atoms with E-state index in [-0.39, 0.29) is 11.3 Å². The Hall–Kier alpha value is -1.04. The zero-order chi connectivity index (χ0) is 13.1. The summed E-state index contributed by atoms with van der Waals surface area (Å²) in [5, 5.41) is 16.6. The molecule has 0 aliphatic rings. The maximum atomic E-state index is 10.6. The van der Waals surface area contributed by atoms with Gasteiger partial charge in [0.25, 0.3) is 0 Å². The first-order valence-electron chi connectivity index (χ1n) is 5.44. The van der Waals surface area contributed by atoms with E-state index in [9.17, 15) is 4.79 Å². The molecule has 0 bridgehead atoms. The van der Waals surface area contributed by atoms with Crippen molar-refractivity contribution in [1.29, 1.82) is 0 Å². The highest BCUT2D eigenvalue weighted by molar-refractivity contribution is 7.98. The maximum Gasteiger partial charge on any atom is 0.307 e. The van der Waals surface area contributed by atoms with E-state index in [0.717, 1.165) is 0 Å². The molecule has 5 nitrogen and oxygen atoms in total. The van der Waals surface area contributed by atoms with Crippen molar-refractivity contribution in [2.24, 2.45) is 5.92 Å². The minimum Gasteiger partial charge on any atom is -0.481 e. The minimum atomic E-state index is -0.779. The van der Waals surface area contributed by atoms with Crippen LogP contribution in [0.3, 0.4) is 0 Å². The standard InChI is InChI=1S/C11H18N2O3S/c1-7(9(14)15)5-17-6-8-12-13-10(16-8)11(2,3)4/h7H,5-6H2,1-4H3,(H,14,15). The van der Waals surface area contributed by atoms with Crippen molar-refractivity contribution in [2.75, 3.05) is 5.75 Å². The average molecular weight is 258 g/mol. The highest BCUT2D eigenvalue weighted by atomic mass is 32.2. The number of aromatic nitrogens is 2. The summed E-state index contributed by atoms with van der Waals surface area (Å²) in [7, 11) is 0. The Morgan fingerprint density at radius 1 is 1.47 bits per heavy atom. The molecule has 0 aliphatic carbocycles. The first-order valence-corrected chi connectivity index (χ1v) is 6.59. The molecular formula is C11H18N2O3S. The van der Waals surface area contributed by atoms with E-state index in [2.05, 4.69) is 10.2 Å². The molecule has 1 unspecified atom stereocenters. The third-order valence-electron chi connectivity index (χ3n) is 2.12. The zero-order valence-electron chi connectivity index (χ0n) is 10.6. The fraction of sp³-hybridized carbons (Fsp3) is 0.727. The van der Waals surface area contributed by atoms with Crippen LogP contribution in [0.1, 0.15) is 39.5 Å². The molecule has 17 heavy (non-hydrogen) atoms. The number of rotatable bonds is 5. The molecule has 1 atom stereocenters. The monoisotopic (exact) mass is 258 g/mol. The van der Waals surface area contributed by atoms with Gasteiger partial charge in [0.1, 0.15) is 0 Å². The smallest absolute Gasteiger partial charge is 0.307 e. The summed E-state index contributed by atoms with van der Waals surface area (Å²) in [4.78, 5) is 10.6. The number of carboxylic acids is 1. The Morgan fingerprint density at radius 3 is 2.59 bits per heavy atom. The second-order valence-corrected chi connectivity index (χ2v) is 6.04. The summed E-state index contributed by atoms with van der Waals surface area (Å²) in [6.07, 6.45) is 0. The lowest BCUT2D eigenvalue weighted by Gasteiger charge is -2.10. The van der Waals surface area contributed by atoms with Gasteiger partial charge in [-0.2, -0.15) is 11.8 Å². The Balaban J connectivity index is 2.43. The number of hydrogen-bond donors (Lipinski definition) is 1. The third-order valence-corrected chi connectivity index (χ3v) is 3.31. The van der Waals surface area contributed by atoms with Gasteiger partial charge < -0.3 is 9.52 Å². The lowest BCUT2D eigenvalue weighted by Crippen LogP contribution is -2.11. The molecule has 0 spiro atoms. The Bertz CT molecular complexity index is 384. The number of carbonyl (C=O) groups is 1. The van der Waals surface area contributed by atoms with Crippen molar-refractivity contribution < 1.29 is 14.3 Å². The summed E-state index contributed by atoms with van der Waals surface area (Å²) < 4.78 is 5.50. The Morgan fingerprint density at radius 2 is 2.12 bits per heavy atom. The minimum absolute atomic E-state index is 0.149. The van der Waals surface area contributed by atoms with Crippen LogP contribution in [0, 0.1) is 5.92 Å². The predicted molar refractivity (Wildman–Crippen MR) is 66.0 cm³/mol. The summed E-state index contributed by atoms with van der Waals surface area (Å²) >= 11 is 1.49. The van der Waals surface area contributed by atoms with Gasteiger partial charge in [-0.15, -0.1) is 10.2 Å². The molecule has 0 saturated carbocycles. The van der Waals surface area contributed by atoms with E-state index in [1.165, 1.54) is 11.8 Å². The van der Waals surface area contributed by atoms with E-state index < -0.39 is 5.97 Å². The van der Waals surface area contributed by atoms with Gasteiger partial charge in [0, 0.05) is 11.2 Å². The SMILES string of the molecule is CC(CSCc1nnc(C(C)(C)C)o1)C(=O)O. The Kier molecular flexibility index (Phi) is 4.56. The van der Waals surface area contributed by atoms with Crippen molar-refractivity contribution in [3.63, 3.8) is 0 Å². The molecule has 0 aliphatic heterocycles. The normalized spacial score (nSPS) is 13.6. The lowest BCUT2D eigenvalue weighted by molar-refractivity contribution is -0.140. The number of aliphatic carboxylic acids is 1. The number of carboxylic acid groups (broad SMARTS) is 1. The third kappa shape index (κ3) is 4.38. The van der Waals surface area contributed by atoms with Crippen molar-refractivity contribution in [2.45, 2.75) is 38.9 Å². The van der Waals surface area contributed by atoms with E-state index in [1.54, 1.807) is 6.92 Å². The van der Waals surface area contributed by atoms with Gasteiger partial charge in [0.05, 0.1) is 11.7 Å². The predicted octanol–water partition coefficient (Wildman–Crippen LogP) is 2.32.